The van der Waals surface area contributed by atoms with E-state index in [1.165, 1.54) is 4.68 Å². The summed E-state index contributed by atoms with van der Waals surface area (Å²) in [6.45, 7) is 4.48. The smallest absolute Gasteiger partial charge is 0.303 e. The van der Waals surface area contributed by atoms with E-state index in [4.69, 9.17) is 5.11 Å². The highest BCUT2D eigenvalue weighted by Crippen LogP contribution is 2.14. The van der Waals surface area contributed by atoms with Gasteiger partial charge < -0.3 is 5.11 Å². The van der Waals surface area contributed by atoms with Gasteiger partial charge in [-0.25, -0.2) is 4.68 Å². The van der Waals surface area contributed by atoms with Crippen LogP contribution < -0.4 is 5.56 Å². The molecule has 0 spiro atoms. The monoisotopic (exact) mass is 301 g/mol. The van der Waals surface area contributed by atoms with E-state index >= 15 is 0 Å². The summed E-state index contributed by atoms with van der Waals surface area (Å²) in [5.41, 5.74) is 1.48. The van der Waals surface area contributed by atoms with Crippen LogP contribution in [0.2, 0.25) is 0 Å². The van der Waals surface area contributed by atoms with Crippen LogP contribution in [0.1, 0.15) is 25.8 Å². The number of rotatable bonds is 6. The summed E-state index contributed by atoms with van der Waals surface area (Å²) >= 11 is 0. The van der Waals surface area contributed by atoms with Gasteiger partial charge >= 0.3 is 5.97 Å². The number of carboxylic acid groups (broad SMARTS) is 1. The summed E-state index contributed by atoms with van der Waals surface area (Å²) < 4.78 is 1.41. The molecule has 2 aromatic heterocycles. The summed E-state index contributed by atoms with van der Waals surface area (Å²) in [5.74, 6) is -0.664. The molecule has 0 amide bonds. The normalized spacial score (nSPS) is 10.9. The fourth-order valence-electron chi connectivity index (χ4n) is 2.13. The fourth-order valence-corrected chi connectivity index (χ4v) is 2.13. The molecule has 2 aromatic rings. The van der Waals surface area contributed by atoms with Gasteiger partial charge in [-0.3, -0.25) is 14.6 Å². The first-order chi connectivity index (χ1) is 10.5. The number of nitrogens with zero attached hydrogens (tertiary/aromatic N) is 3. The summed E-state index contributed by atoms with van der Waals surface area (Å²) in [7, 11) is 0. The number of hydrogen-bond donors (Lipinski definition) is 1. The summed E-state index contributed by atoms with van der Waals surface area (Å²) in [6, 6.07) is 7.11. The minimum atomic E-state index is -0.925. The Kier molecular flexibility index (Phi) is 5.04. The van der Waals surface area contributed by atoms with Crippen molar-refractivity contribution in [1.29, 1.82) is 0 Å². The molecule has 0 saturated carbocycles. The lowest BCUT2D eigenvalue weighted by Gasteiger charge is -2.11. The highest BCUT2D eigenvalue weighted by atomic mass is 16.4. The van der Waals surface area contributed by atoms with Gasteiger partial charge in [0.1, 0.15) is 5.69 Å². The predicted molar refractivity (Wildman–Crippen MR) is 82.5 cm³/mol. The molecular weight excluding hydrogens is 282 g/mol. The molecule has 1 N–H and O–H groups in total. The Morgan fingerprint density at radius 3 is 2.68 bits per heavy atom. The molecule has 6 heteroatoms. The third kappa shape index (κ3) is 4.00. The van der Waals surface area contributed by atoms with Crippen LogP contribution in [0, 0.1) is 5.92 Å². The Balaban J connectivity index is 2.48. The second-order valence-corrected chi connectivity index (χ2v) is 5.54. The number of aliphatic carboxylic acids is 1. The SMILES string of the molecule is CC(C)Cn1nc(-c2ccccn2)cc(CCC(=O)O)c1=O. The van der Waals surface area contributed by atoms with Gasteiger partial charge in [-0.15, -0.1) is 0 Å². The zero-order chi connectivity index (χ0) is 16.1. The number of aromatic nitrogens is 3. The van der Waals surface area contributed by atoms with Crippen molar-refractivity contribution in [3.63, 3.8) is 0 Å². The third-order valence-electron chi connectivity index (χ3n) is 3.12. The maximum absolute atomic E-state index is 12.4. The van der Waals surface area contributed by atoms with Gasteiger partial charge in [0.05, 0.1) is 5.69 Å². The number of hydrogen-bond acceptors (Lipinski definition) is 4. The molecule has 0 aromatic carbocycles. The molecule has 0 aliphatic rings. The molecule has 22 heavy (non-hydrogen) atoms. The minimum absolute atomic E-state index is 0.0808. The van der Waals surface area contributed by atoms with Crippen LogP contribution in [0.25, 0.3) is 11.4 Å². The molecule has 0 bridgehead atoms. The molecule has 0 unspecified atom stereocenters. The Bertz CT molecular complexity index is 708. The number of carboxylic acids is 1. The van der Waals surface area contributed by atoms with Crippen molar-refractivity contribution in [2.75, 3.05) is 0 Å². The average molecular weight is 301 g/mol. The van der Waals surface area contributed by atoms with Crippen LogP contribution in [-0.2, 0) is 17.8 Å². The van der Waals surface area contributed by atoms with E-state index in [0.29, 0.717) is 23.5 Å². The predicted octanol–water partition coefficient (Wildman–Crippen LogP) is 1.98. The van der Waals surface area contributed by atoms with Gasteiger partial charge in [0.2, 0.25) is 0 Å². The van der Waals surface area contributed by atoms with E-state index in [-0.39, 0.29) is 24.3 Å². The molecular formula is C16H19N3O3. The zero-order valence-electron chi connectivity index (χ0n) is 12.7. The molecule has 0 aliphatic carbocycles. The Morgan fingerprint density at radius 2 is 2.09 bits per heavy atom. The van der Waals surface area contributed by atoms with E-state index in [9.17, 15) is 9.59 Å². The molecule has 0 aliphatic heterocycles. The average Bonchev–Trinajstić information content (AvgIpc) is 2.48. The summed E-state index contributed by atoms with van der Waals surface area (Å²) in [6.07, 6.45) is 1.77. The number of carbonyl (C=O) groups is 1. The van der Waals surface area contributed by atoms with Gasteiger partial charge in [-0.2, -0.15) is 5.10 Å². The first kappa shape index (κ1) is 15.9. The van der Waals surface area contributed by atoms with Gasteiger partial charge in [0, 0.05) is 24.7 Å². The topological polar surface area (TPSA) is 85.1 Å². The quantitative estimate of drug-likeness (QED) is 0.881. The molecule has 0 atom stereocenters. The molecule has 0 saturated heterocycles. The van der Waals surface area contributed by atoms with Gasteiger partial charge in [-0.05, 0) is 30.5 Å². The van der Waals surface area contributed by atoms with E-state index in [1.54, 1.807) is 18.3 Å². The van der Waals surface area contributed by atoms with Crippen LogP contribution in [0.15, 0.2) is 35.3 Å². The third-order valence-corrected chi connectivity index (χ3v) is 3.12. The van der Waals surface area contributed by atoms with Crippen molar-refractivity contribution in [1.82, 2.24) is 14.8 Å². The highest BCUT2D eigenvalue weighted by Gasteiger charge is 2.12. The Morgan fingerprint density at radius 1 is 1.32 bits per heavy atom. The first-order valence-corrected chi connectivity index (χ1v) is 7.21. The lowest BCUT2D eigenvalue weighted by molar-refractivity contribution is -0.136. The number of pyridine rings is 1. The van der Waals surface area contributed by atoms with Crippen molar-refractivity contribution < 1.29 is 9.90 Å². The maximum atomic E-state index is 12.4. The van der Waals surface area contributed by atoms with Crippen molar-refractivity contribution in [2.24, 2.45) is 5.92 Å². The van der Waals surface area contributed by atoms with E-state index in [1.807, 2.05) is 26.0 Å². The largest absolute Gasteiger partial charge is 0.481 e. The Hall–Kier alpha value is -2.50. The van der Waals surface area contributed by atoms with Crippen LogP contribution in [0.3, 0.4) is 0 Å². The van der Waals surface area contributed by atoms with Crippen molar-refractivity contribution in [3.05, 3.63) is 46.4 Å². The lowest BCUT2D eigenvalue weighted by Crippen LogP contribution is -2.29. The van der Waals surface area contributed by atoms with Crippen molar-refractivity contribution in [2.45, 2.75) is 33.2 Å². The van der Waals surface area contributed by atoms with Crippen molar-refractivity contribution in [3.8, 4) is 11.4 Å². The van der Waals surface area contributed by atoms with E-state index in [2.05, 4.69) is 10.1 Å². The van der Waals surface area contributed by atoms with Gasteiger partial charge in [0.25, 0.3) is 5.56 Å². The van der Waals surface area contributed by atoms with E-state index < -0.39 is 5.97 Å². The molecule has 2 rings (SSSR count). The second kappa shape index (κ2) is 6.98. The first-order valence-electron chi connectivity index (χ1n) is 7.21. The van der Waals surface area contributed by atoms with Crippen LogP contribution in [0.5, 0.6) is 0 Å². The summed E-state index contributed by atoms with van der Waals surface area (Å²) in [4.78, 5) is 27.4. The standard InChI is InChI=1S/C16H19N3O3/c1-11(2)10-19-16(22)12(6-7-15(20)21)9-14(18-19)13-5-3-4-8-17-13/h3-5,8-9,11H,6-7,10H2,1-2H3,(H,20,21). The molecule has 2 heterocycles. The maximum Gasteiger partial charge on any atom is 0.303 e. The second-order valence-electron chi connectivity index (χ2n) is 5.54. The van der Waals surface area contributed by atoms with Crippen LogP contribution >= 0.6 is 0 Å². The minimum Gasteiger partial charge on any atom is -0.481 e. The molecule has 0 fully saturated rings. The van der Waals surface area contributed by atoms with Gasteiger partial charge in [-0.1, -0.05) is 19.9 Å². The molecule has 6 nitrogen and oxygen atoms in total. The van der Waals surface area contributed by atoms with E-state index in [0.717, 1.165) is 0 Å². The van der Waals surface area contributed by atoms with Crippen molar-refractivity contribution >= 4 is 5.97 Å². The summed E-state index contributed by atoms with van der Waals surface area (Å²) in [5, 5.41) is 13.2. The highest BCUT2D eigenvalue weighted by molar-refractivity contribution is 5.67. The fraction of sp³-hybridized carbons (Fsp3) is 0.375. The van der Waals surface area contributed by atoms with Crippen LogP contribution in [-0.4, -0.2) is 25.8 Å². The number of aryl methyl sites for hydroxylation is 1. The van der Waals surface area contributed by atoms with Crippen LogP contribution in [0.4, 0.5) is 0 Å². The zero-order valence-corrected chi connectivity index (χ0v) is 12.7. The molecule has 0 radical (unpaired) electrons. The van der Waals surface area contributed by atoms with Gasteiger partial charge in [0.15, 0.2) is 0 Å². The molecule has 116 valence electrons. The Labute approximate surface area is 128 Å². The lowest BCUT2D eigenvalue weighted by atomic mass is 10.1.